The number of urea groups is 2. The zero-order valence-corrected chi connectivity index (χ0v) is 27.0. The van der Waals surface area contributed by atoms with Gasteiger partial charge in [-0.15, -0.1) is 0 Å². The summed E-state index contributed by atoms with van der Waals surface area (Å²) in [6, 6.07) is 14.2. The van der Waals surface area contributed by atoms with Gasteiger partial charge in [-0.05, 0) is 41.8 Å². The number of carbonyl (C=O) groups is 4. The zero-order chi connectivity index (χ0) is 33.8. The van der Waals surface area contributed by atoms with Crippen molar-refractivity contribution in [1.29, 1.82) is 0 Å². The molecule has 2 N–H and O–H groups in total. The summed E-state index contributed by atoms with van der Waals surface area (Å²) in [5.74, 6) is 0. The second-order valence-corrected chi connectivity index (χ2v) is 11.0. The highest BCUT2D eigenvalue weighted by atomic mass is 16.6. The molecule has 0 saturated carbocycles. The van der Waals surface area contributed by atoms with Crippen LogP contribution in [0.2, 0.25) is 0 Å². The predicted octanol–water partition coefficient (Wildman–Crippen LogP) is 3.00. The largest absolute Gasteiger partial charge is 0.442 e. The van der Waals surface area contributed by atoms with Crippen LogP contribution in [0.4, 0.5) is 30.6 Å². The molecule has 0 unspecified atom stereocenters. The molecule has 2 heterocycles. The van der Waals surface area contributed by atoms with Gasteiger partial charge in [0.05, 0.1) is 26.2 Å². The fourth-order valence-electron chi connectivity index (χ4n) is 5.26. The van der Waals surface area contributed by atoms with E-state index in [4.69, 9.17) is 28.4 Å². The van der Waals surface area contributed by atoms with E-state index in [0.29, 0.717) is 17.8 Å². The van der Waals surface area contributed by atoms with E-state index >= 15 is 0 Å². The van der Waals surface area contributed by atoms with Crippen molar-refractivity contribution in [3.8, 4) is 0 Å². The number of rotatable bonds is 14. The van der Waals surface area contributed by atoms with Crippen LogP contribution >= 0.6 is 0 Å². The van der Waals surface area contributed by atoms with Gasteiger partial charge in [0.2, 0.25) is 0 Å². The summed E-state index contributed by atoms with van der Waals surface area (Å²) in [6.07, 6.45) is -1.77. The zero-order valence-electron chi connectivity index (χ0n) is 27.0. The van der Waals surface area contributed by atoms with Crippen LogP contribution in [0.5, 0.6) is 0 Å². The molecule has 4 rings (SSSR count). The van der Waals surface area contributed by atoms with Crippen LogP contribution in [-0.2, 0) is 34.8 Å². The number of nitrogens with zero attached hydrogens (tertiary/aromatic N) is 4. The van der Waals surface area contributed by atoms with Crippen molar-refractivity contribution in [3.63, 3.8) is 0 Å². The minimum Gasteiger partial charge on any atom is -0.442 e. The summed E-state index contributed by atoms with van der Waals surface area (Å²) >= 11 is 0. The van der Waals surface area contributed by atoms with Gasteiger partial charge in [-0.3, -0.25) is 30.2 Å². The molecule has 16 heteroatoms. The highest BCUT2D eigenvalue weighted by Crippen LogP contribution is 2.19. The molecule has 0 spiro atoms. The Kier molecular flexibility index (Phi) is 13.0. The molecular weight excluding hydrogens is 616 g/mol. The quantitative estimate of drug-likeness (QED) is 0.309. The average molecular weight is 659 g/mol. The topological polar surface area (TPSA) is 161 Å². The number of ether oxygens (including phenoxy) is 6. The molecule has 2 aromatic carbocycles. The van der Waals surface area contributed by atoms with E-state index in [9.17, 15) is 19.2 Å². The lowest BCUT2D eigenvalue weighted by Crippen LogP contribution is -2.57. The van der Waals surface area contributed by atoms with Gasteiger partial charge in [-0.2, -0.15) is 0 Å². The van der Waals surface area contributed by atoms with Gasteiger partial charge in [-0.25, -0.2) is 19.2 Å². The van der Waals surface area contributed by atoms with Crippen molar-refractivity contribution in [2.24, 2.45) is 0 Å². The van der Waals surface area contributed by atoms with Crippen LogP contribution in [0.1, 0.15) is 11.1 Å². The molecule has 6 amide bonds. The molecule has 47 heavy (non-hydrogen) atoms. The summed E-state index contributed by atoms with van der Waals surface area (Å²) in [7, 11) is 5.94. The maximum Gasteiger partial charge on any atom is 0.412 e. The highest BCUT2D eigenvalue weighted by molar-refractivity contribution is 5.85. The van der Waals surface area contributed by atoms with E-state index in [1.54, 1.807) is 24.3 Å². The van der Waals surface area contributed by atoms with E-state index in [-0.39, 0.29) is 65.2 Å². The van der Waals surface area contributed by atoms with Gasteiger partial charge in [0.25, 0.3) is 0 Å². The van der Waals surface area contributed by atoms with Gasteiger partial charge >= 0.3 is 24.2 Å². The number of benzene rings is 2. The average Bonchev–Trinajstić information content (AvgIpc) is 3.04. The van der Waals surface area contributed by atoms with Crippen LogP contribution in [0.15, 0.2) is 48.5 Å². The number of carbonyl (C=O) groups excluding carboxylic acids is 4. The number of hydrogen-bond acceptors (Lipinski definition) is 10. The molecule has 256 valence electrons. The molecule has 2 saturated heterocycles. The first kappa shape index (κ1) is 35.2. The summed E-state index contributed by atoms with van der Waals surface area (Å²) in [6.45, 7) is 1.11. The Morgan fingerprint density at radius 3 is 1.15 bits per heavy atom. The van der Waals surface area contributed by atoms with Crippen molar-refractivity contribution < 1.29 is 47.6 Å². The highest BCUT2D eigenvalue weighted by Gasteiger charge is 2.35. The normalized spacial score (nSPS) is 16.0. The lowest BCUT2D eigenvalue weighted by atomic mass is 10.0. The van der Waals surface area contributed by atoms with E-state index in [1.165, 1.54) is 48.0 Å². The number of hydrogen-bond donors (Lipinski definition) is 2. The Balaban J connectivity index is 1.24. The summed E-state index contributed by atoms with van der Waals surface area (Å²) in [4.78, 5) is 55.9. The number of amides is 6. The van der Waals surface area contributed by atoms with E-state index in [0.717, 1.165) is 11.1 Å². The Bertz CT molecular complexity index is 1210. The predicted molar refractivity (Wildman–Crippen MR) is 169 cm³/mol. The van der Waals surface area contributed by atoms with Gasteiger partial charge in [0.1, 0.15) is 39.1 Å². The van der Waals surface area contributed by atoms with Gasteiger partial charge in [0.15, 0.2) is 0 Å². The lowest BCUT2D eigenvalue weighted by Gasteiger charge is -2.38. The second kappa shape index (κ2) is 17.3. The second-order valence-electron chi connectivity index (χ2n) is 11.0. The fourth-order valence-corrected chi connectivity index (χ4v) is 5.26. The number of anilines is 2. The third-order valence-electron chi connectivity index (χ3n) is 7.27. The molecule has 0 atom stereocenters. The molecule has 2 aromatic rings. The van der Waals surface area contributed by atoms with Crippen molar-refractivity contribution in [3.05, 3.63) is 59.7 Å². The SMILES string of the molecule is COCN1CC(OC(=O)Nc2ccc(Cc3ccc(NC(=O)OC4CN(COC)C(=O)N(COC)C4)cc3)cc2)CN(COC)C1=O. The standard InChI is InChI=1S/C31H42N6O10/c1-42-18-34-14-26(15-35(19-43-2)30(34)40)46-28(38)32-24-9-5-22(6-10-24)13-23-7-11-25(12-8-23)33-29(39)47-27-16-36(20-44-3)31(41)37(17-27)21-45-4/h5-12,26-27H,13-21H2,1-4H3,(H,32,38)(H,33,39). The minimum atomic E-state index is -0.634. The van der Waals surface area contributed by atoms with Crippen LogP contribution < -0.4 is 10.6 Å². The summed E-state index contributed by atoms with van der Waals surface area (Å²) in [5.41, 5.74) is 3.13. The van der Waals surface area contributed by atoms with Crippen LogP contribution in [-0.4, -0.2) is 138 Å². The van der Waals surface area contributed by atoms with Gasteiger partial charge < -0.3 is 28.4 Å². The smallest absolute Gasteiger partial charge is 0.412 e. The molecule has 2 aliphatic heterocycles. The van der Waals surface area contributed by atoms with Crippen LogP contribution in [0.25, 0.3) is 0 Å². The molecule has 0 aromatic heterocycles. The van der Waals surface area contributed by atoms with Crippen LogP contribution in [0, 0.1) is 0 Å². The molecule has 0 radical (unpaired) electrons. The van der Waals surface area contributed by atoms with Crippen molar-refractivity contribution in [1.82, 2.24) is 19.6 Å². The van der Waals surface area contributed by atoms with Crippen LogP contribution in [0.3, 0.4) is 0 Å². The third kappa shape index (κ3) is 10.2. The molecule has 2 aliphatic rings. The van der Waals surface area contributed by atoms with Crippen molar-refractivity contribution in [2.75, 3.05) is 92.2 Å². The molecule has 0 aliphatic carbocycles. The minimum absolute atomic E-state index is 0.0710. The van der Waals surface area contributed by atoms with E-state index in [2.05, 4.69) is 10.6 Å². The Morgan fingerprint density at radius 1 is 0.574 bits per heavy atom. The monoisotopic (exact) mass is 658 g/mol. The Labute approximate surface area is 273 Å². The summed E-state index contributed by atoms with van der Waals surface area (Å²) in [5, 5.41) is 5.45. The Morgan fingerprint density at radius 2 is 0.872 bits per heavy atom. The summed E-state index contributed by atoms with van der Waals surface area (Å²) < 4.78 is 31.5. The molecule has 0 bridgehead atoms. The maximum absolute atomic E-state index is 12.6. The lowest BCUT2D eigenvalue weighted by molar-refractivity contribution is -0.0303. The molecule has 2 fully saturated rings. The third-order valence-corrected chi connectivity index (χ3v) is 7.27. The van der Waals surface area contributed by atoms with Crippen molar-refractivity contribution >= 4 is 35.6 Å². The van der Waals surface area contributed by atoms with E-state index < -0.39 is 24.4 Å². The van der Waals surface area contributed by atoms with Gasteiger partial charge in [0, 0.05) is 39.8 Å². The van der Waals surface area contributed by atoms with Gasteiger partial charge in [-0.1, -0.05) is 24.3 Å². The van der Waals surface area contributed by atoms with Crippen molar-refractivity contribution in [2.45, 2.75) is 18.6 Å². The molecule has 16 nitrogen and oxygen atoms in total. The first-order valence-corrected chi connectivity index (χ1v) is 14.9. The Hall–Kier alpha value is -4.64. The number of nitrogens with one attached hydrogen (secondary N) is 2. The van der Waals surface area contributed by atoms with E-state index in [1.807, 2.05) is 24.3 Å². The number of methoxy groups -OCH3 is 4. The first-order chi connectivity index (χ1) is 22.7. The maximum atomic E-state index is 12.6. The molecular formula is C31H42N6O10. The fraction of sp³-hybridized carbons (Fsp3) is 0.484. The first-order valence-electron chi connectivity index (χ1n) is 14.9.